The third-order valence-electron chi connectivity index (χ3n) is 2.94. The van der Waals surface area contributed by atoms with E-state index in [0.717, 1.165) is 11.3 Å². The number of rotatable bonds is 3. The molecule has 0 atom stereocenters. The molecule has 0 aliphatic carbocycles. The van der Waals surface area contributed by atoms with Crippen LogP contribution in [0.1, 0.15) is 5.56 Å². The van der Waals surface area contributed by atoms with Gasteiger partial charge in [0.2, 0.25) is 0 Å². The molecule has 0 bridgehead atoms. The molecule has 0 spiro atoms. The molecule has 0 unspecified atom stereocenters. The normalized spacial score (nSPS) is 11.7. The number of aryl methyl sites for hydroxylation is 1. The zero-order chi connectivity index (χ0) is 15.0. The molecule has 0 amide bonds. The largest absolute Gasteiger partial charge is 0.414 e. The predicted molar refractivity (Wildman–Crippen MR) is 82.3 cm³/mol. The highest BCUT2D eigenvalue weighted by Gasteiger charge is 2.19. The lowest BCUT2D eigenvalue weighted by atomic mass is 10.2. The first-order valence-electron chi connectivity index (χ1n) is 6.08. The van der Waals surface area contributed by atoms with Crippen molar-refractivity contribution >= 4 is 37.3 Å². The molecule has 0 aliphatic rings. The van der Waals surface area contributed by atoms with Crippen LogP contribution in [0.25, 0.3) is 10.3 Å². The van der Waals surface area contributed by atoms with Crippen molar-refractivity contribution in [1.82, 2.24) is 0 Å². The Morgan fingerprint density at radius 1 is 1.14 bits per heavy atom. The molecular formula is C14H11NO4S2. The van der Waals surface area contributed by atoms with Gasteiger partial charge in [0, 0.05) is 5.69 Å². The van der Waals surface area contributed by atoms with Crippen molar-refractivity contribution in [3.63, 3.8) is 0 Å². The van der Waals surface area contributed by atoms with Gasteiger partial charge in [0.15, 0.2) is 0 Å². The van der Waals surface area contributed by atoms with Gasteiger partial charge in [-0.15, -0.1) is 0 Å². The van der Waals surface area contributed by atoms with E-state index in [1.54, 1.807) is 43.3 Å². The fourth-order valence-corrected chi connectivity index (χ4v) is 4.08. The van der Waals surface area contributed by atoms with Crippen LogP contribution in [-0.2, 0) is 10.0 Å². The summed E-state index contributed by atoms with van der Waals surface area (Å²) in [6.45, 7) is 1.66. The van der Waals surface area contributed by atoms with Crippen molar-refractivity contribution < 1.29 is 12.8 Å². The monoisotopic (exact) mass is 321 g/mol. The second-order valence-corrected chi connectivity index (χ2v) is 7.12. The van der Waals surface area contributed by atoms with Gasteiger partial charge in [0.1, 0.15) is 5.58 Å². The van der Waals surface area contributed by atoms with E-state index in [1.807, 2.05) is 0 Å². The number of benzene rings is 2. The second kappa shape index (κ2) is 5.01. The van der Waals surface area contributed by atoms with Crippen molar-refractivity contribution in [3.05, 3.63) is 57.8 Å². The standard InChI is InChI=1S/C14H11NO4S2/c1-9-7-11-12(20-14(16)19-11)8-13(9)21(17,18)15-10-5-3-2-4-6-10/h2-8,15H,1H3. The summed E-state index contributed by atoms with van der Waals surface area (Å²) in [4.78, 5) is 10.9. The Morgan fingerprint density at radius 2 is 1.86 bits per heavy atom. The second-order valence-electron chi connectivity index (χ2n) is 4.49. The number of hydrogen-bond acceptors (Lipinski definition) is 5. The van der Waals surface area contributed by atoms with Crippen LogP contribution in [0.3, 0.4) is 0 Å². The van der Waals surface area contributed by atoms with Gasteiger partial charge >= 0.3 is 4.94 Å². The van der Waals surface area contributed by atoms with E-state index in [1.165, 1.54) is 6.07 Å². The molecule has 0 saturated carbocycles. The Kier molecular flexibility index (Phi) is 3.30. The van der Waals surface area contributed by atoms with E-state index in [9.17, 15) is 13.2 Å². The quantitative estimate of drug-likeness (QED) is 0.804. The lowest BCUT2D eigenvalue weighted by molar-refractivity contribution is 0.584. The number of nitrogens with one attached hydrogen (secondary N) is 1. The molecule has 3 aromatic rings. The maximum Gasteiger partial charge on any atom is 0.396 e. The Bertz CT molecular complexity index is 956. The summed E-state index contributed by atoms with van der Waals surface area (Å²) in [7, 11) is -3.71. The molecule has 3 rings (SSSR count). The molecule has 0 saturated heterocycles. The summed E-state index contributed by atoms with van der Waals surface area (Å²) in [5.41, 5.74) is 1.41. The molecule has 0 fully saturated rings. The molecule has 21 heavy (non-hydrogen) atoms. The Hall–Kier alpha value is -2.12. The molecule has 0 aliphatic heterocycles. The van der Waals surface area contributed by atoms with E-state index in [0.29, 0.717) is 21.5 Å². The molecule has 1 N–H and O–H groups in total. The van der Waals surface area contributed by atoms with Crippen LogP contribution in [0.5, 0.6) is 0 Å². The zero-order valence-electron chi connectivity index (χ0n) is 11.0. The van der Waals surface area contributed by atoms with Crippen molar-refractivity contribution in [3.8, 4) is 0 Å². The molecule has 0 radical (unpaired) electrons. The van der Waals surface area contributed by atoms with Crippen LogP contribution < -0.4 is 9.66 Å². The van der Waals surface area contributed by atoms with Crippen LogP contribution in [0, 0.1) is 6.92 Å². The number of fused-ring (bicyclic) bond motifs is 1. The van der Waals surface area contributed by atoms with E-state index >= 15 is 0 Å². The first-order chi connectivity index (χ1) is 9.95. The summed E-state index contributed by atoms with van der Waals surface area (Å²) in [5.74, 6) is 0. The third kappa shape index (κ3) is 2.70. The lowest BCUT2D eigenvalue weighted by Crippen LogP contribution is -2.14. The fourth-order valence-electron chi connectivity index (χ4n) is 2.01. The number of hydrogen-bond donors (Lipinski definition) is 1. The van der Waals surface area contributed by atoms with E-state index in [2.05, 4.69) is 4.72 Å². The Balaban J connectivity index is 2.10. The van der Waals surface area contributed by atoms with Gasteiger partial charge < -0.3 is 4.42 Å². The molecule has 1 aromatic heterocycles. The topological polar surface area (TPSA) is 76.4 Å². The SMILES string of the molecule is Cc1cc2oc(=O)sc2cc1S(=O)(=O)Nc1ccccc1. The maximum atomic E-state index is 12.5. The Morgan fingerprint density at radius 3 is 2.57 bits per heavy atom. The molecule has 5 nitrogen and oxygen atoms in total. The Labute approximate surface area is 124 Å². The minimum atomic E-state index is -3.71. The average Bonchev–Trinajstić information content (AvgIpc) is 2.77. The minimum Gasteiger partial charge on any atom is -0.414 e. The van der Waals surface area contributed by atoms with E-state index < -0.39 is 15.0 Å². The van der Waals surface area contributed by atoms with Crippen LogP contribution in [0.15, 0.2) is 56.6 Å². The summed E-state index contributed by atoms with van der Waals surface area (Å²) in [5, 5.41) is 0. The van der Waals surface area contributed by atoms with Crippen LogP contribution in [0.2, 0.25) is 0 Å². The first kappa shape index (κ1) is 13.8. The zero-order valence-corrected chi connectivity index (χ0v) is 12.6. The number of anilines is 1. The van der Waals surface area contributed by atoms with Crippen molar-refractivity contribution in [2.24, 2.45) is 0 Å². The smallest absolute Gasteiger partial charge is 0.396 e. The summed E-state index contributed by atoms with van der Waals surface area (Å²) < 4.78 is 32.9. The number of sulfonamides is 1. The highest BCUT2D eigenvalue weighted by atomic mass is 32.2. The molecular weight excluding hydrogens is 310 g/mol. The van der Waals surface area contributed by atoms with Gasteiger partial charge in [-0.25, -0.2) is 13.2 Å². The maximum absolute atomic E-state index is 12.5. The van der Waals surface area contributed by atoms with E-state index in [-0.39, 0.29) is 4.90 Å². The van der Waals surface area contributed by atoms with Crippen molar-refractivity contribution in [2.45, 2.75) is 11.8 Å². The summed E-state index contributed by atoms with van der Waals surface area (Å²) >= 11 is 0.883. The van der Waals surface area contributed by atoms with Gasteiger partial charge in [0.25, 0.3) is 10.0 Å². The molecule has 2 aromatic carbocycles. The highest BCUT2D eigenvalue weighted by molar-refractivity contribution is 7.92. The lowest BCUT2D eigenvalue weighted by Gasteiger charge is -2.10. The number of para-hydroxylation sites is 1. The van der Waals surface area contributed by atoms with Crippen molar-refractivity contribution in [2.75, 3.05) is 4.72 Å². The summed E-state index contributed by atoms with van der Waals surface area (Å²) in [6, 6.07) is 11.7. The van der Waals surface area contributed by atoms with Crippen LogP contribution >= 0.6 is 11.3 Å². The molecule has 7 heteroatoms. The van der Waals surface area contributed by atoms with Crippen LogP contribution in [0.4, 0.5) is 5.69 Å². The highest BCUT2D eigenvalue weighted by Crippen LogP contribution is 2.26. The van der Waals surface area contributed by atoms with Crippen molar-refractivity contribution in [1.29, 1.82) is 0 Å². The van der Waals surface area contributed by atoms with Gasteiger partial charge in [-0.3, -0.25) is 4.72 Å². The summed E-state index contributed by atoms with van der Waals surface area (Å²) in [6.07, 6.45) is 0. The third-order valence-corrected chi connectivity index (χ3v) is 5.26. The van der Waals surface area contributed by atoms with Gasteiger partial charge in [-0.2, -0.15) is 0 Å². The fraction of sp³-hybridized carbons (Fsp3) is 0.0714. The molecule has 108 valence electrons. The van der Waals surface area contributed by atoms with Crippen LogP contribution in [-0.4, -0.2) is 8.42 Å². The average molecular weight is 321 g/mol. The molecule has 1 heterocycles. The van der Waals surface area contributed by atoms with Gasteiger partial charge in [-0.05, 0) is 36.8 Å². The minimum absolute atomic E-state index is 0.135. The van der Waals surface area contributed by atoms with Gasteiger partial charge in [0.05, 0.1) is 9.60 Å². The van der Waals surface area contributed by atoms with Gasteiger partial charge in [-0.1, -0.05) is 29.5 Å². The van der Waals surface area contributed by atoms with E-state index in [4.69, 9.17) is 4.42 Å². The predicted octanol–water partition coefficient (Wildman–Crippen LogP) is 2.96. The first-order valence-corrected chi connectivity index (χ1v) is 8.38.